The van der Waals surface area contributed by atoms with Crippen LogP contribution in [0.2, 0.25) is 0 Å². The largest absolute Gasteiger partial charge is 0.452 e. The second-order valence-electron chi connectivity index (χ2n) is 9.39. The summed E-state index contributed by atoms with van der Waals surface area (Å²) in [5.41, 5.74) is 0.750. The lowest BCUT2D eigenvalue weighted by Gasteiger charge is -2.44. The highest BCUT2D eigenvalue weighted by Gasteiger charge is 2.51. The average Bonchev–Trinajstić information content (AvgIpc) is 3.03. The van der Waals surface area contributed by atoms with Crippen molar-refractivity contribution < 1.29 is 33.6 Å². The quantitative estimate of drug-likeness (QED) is 0.249. The van der Waals surface area contributed by atoms with Gasteiger partial charge in [-0.25, -0.2) is 9.59 Å². The molecule has 0 aromatic heterocycles. The van der Waals surface area contributed by atoms with Crippen molar-refractivity contribution in [3.05, 3.63) is 138 Å². The molecule has 5 rings (SSSR count). The van der Waals surface area contributed by atoms with Crippen molar-refractivity contribution in [3.8, 4) is 0 Å². The summed E-state index contributed by atoms with van der Waals surface area (Å²) in [6, 6.07) is 36.1. The van der Waals surface area contributed by atoms with Crippen molar-refractivity contribution in [2.75, 3.05) is 6.61 Å². The first-order valence-electron chi connectivity index (χ1n) is 13.3. The summed E-state index contributed by atoms with van der Waals surface area (Å²) in [5, 5.41) is 10.4. The van der Waals surface area contributed by atoms with Gasteiger partial charge in [-0.05, 0) is 42.0 Å². The maximum absolute atomic E-state index is 13.4. The van der Waals surface area contributed by atoms with Crippen LogP contribution in [0.3, 0.4) is 0 Å². The Labute approximate surface area is 243 Å². The molecule has 1 heterocycles. The zero-order chi connectivity index (χ0) is 28.4. The highest BCUT2D eigenvalue weighted by molar-refractivity contribution is 7.99. The molecule has 3 unspecified atom stereocenters. The molecule has 0 saturated carbocycles. The van der Waals surface area contributed by atoms with E-state index in [2.05, 4.69) is 0 Å². The van der Waals surface area contributed by atoms with E-state index in [1.807, 2.05) is 60.7 Å². The lowest BCUT2D eigenvalue weighted by molar-refractivity contribution is -0.224. The predicted molar refractivity (Wildman–Crippen MR) is 154 cm³/mol. The molecule has 8 heteroatoms. The highest BCUT2D eigenvalue weighted by Crippen LogP contribution is 2.38. The Morgan fingerprint density at radius 2 is 1.15 bits per heavy atom. The molecule has 210 valence electrons. The fraction of sp³-hybridized carbons (Fsp3) is 0.212. The normalized spacial score (nSPS) is 22.0. The van der Waals surface area contributed by atoms with Gasteiger partial charge in [0.1, 0.15) is 17.6 Å². The SMILES string of the molecule is O=C(OC1C(OC(=O)c2ccccc2)[C@H](Sc2ccccc2)OC(CO)[C@H]1OCc1ccccc1)c1ccccc1. The highest BCUT2D eigenvalue weighted by atomic mass is 32.2. The molecule has 0 aliphatic carbocycles. The third-order valence-corrected chi connectivity index (χ3v) is 7.71. The molecule has 0 amide bonds. The molecule has 41 heavy (non-hydrogen) atoms. The maximum atomic E-state index is 13.4. The standard InChI is InChI=1S/C33H30O7S/c34-21-27-28(37-22-23-13-5-1-6-14-23)29(39-31(35)24-15-7-2-8-16-24)30(40-32(36)25-17-9-3-10-18-25)33(38-27)41-26-19-11-4-12-20-26/h1-20,27-30,33-34H,21-22H2/t27?,28-,29?,30?,33+/m1/s1. The van der Waals surface area contributed by atoms with Crippen LogP contribution < -0.4 is 0 Å². The van der Waals surface area contributed by atoms with E-state index >= 15 is 0 Å². The molecule has 1 fully saturated rings. The van der Waals surface area contributed by atoms with Crippen molar-refractivity contribution in [2.45, 2.75) is 41.4 Å². The van der Waals surface area contributed by atoms with Crippen molar-refractivity contribution >= 4 is 23.7 Å². The number of benzene rings is 4. The number of hydrogen-bond donors (Lipinski definition) is 1. The Balaban J connectivity index is 1.51. The maximum Gasteiger partial charge on any atom is 0.338 e. The van der Waals surface area contributed by atoms with Gasteiger partial charge in [0.05, 0.1) is 24.3 Å². The van der Waals surface area contributed by atoms with Crippen LogP contribution in [-0.4, -0.2) is 53.5 Å². The number of rotatable bonds is 10. The molecule has 1 aliphatic heterocycles. The number of carbonyl (C=O) groups is 2. The Morgan fingerprint density at radius 1 is 0.659 bits per heavy atom. The zero-order valence-electron chi connectivity index (χ0n) is 22.2. The van der Waals surface area contributed by atoms with Gasteiger partial charge in [0.25, 0.3) is 0 Å². The van der Waals surface area contributed by atoms with Gasteiger partial charge in [0, 0.05) is 4.90 Å². The van der Waals surface area contributed by atoms with Crippen LogP contribution in [0.4, 0.5) is 0 Å². The van der Waals surface area contributed by atoms with Gasteiger partial charge in [0.15, 0.2) is 12.2 Å². The zero-order valence-corrected chi connectivity index (χ0v) is 23.0. The van der Waals surface area contributed by atoms with Gasteiger partial charge in [-0.1, -0.05) is 96.7 Å². The molecule has 0 spiro atoms. The van der Waals surface area contributed by atoms with Crippen molar-refractivity contribution in [1.29, 1.82) is 0 Å². The third kappa shape index (κ3) is 7.42. The minimum Gasteiger partial charge on any atom is -0.452 e. The summed E-state index contributed by atoms with van der Waals surface area (Å²) in [6.07, 6.45) is -3.95. The molecule has 7 nitrogen and oxygen atoms in total. The summed E-state index contributed by atoms with van der Waals surface area (Å²) in [4.78, 5) is 27.6. The smallest absolute Gasteiger partial charge is 0.338 e. The molecule has 1 N–H and O–H groups in total. The number of thioether (sulfide) groups is 1. The number of aliphatic hydroxyl groups excluding tert-OH is 1. The molecule has 5 atom stereocenters. The minimum atomic E-state index is -1.09. The van der Waals surface area contributed by atoms with E-state index in [1.54, 1.807) is 60.7 Å². The van der Waals surface area contributed by atoms with E-state index in [1.165, 1.54) is 11.8 Å². The minimum absolute atomic E-state index is 0.167. The van der Waals surface area contributed by atoms with E-state index in [0.717, 1.165) is 10.5 Å². The number of aliphatic hydroxyl groups is 1. The van der Waals surface area contributed by atoms with Gasteiger partial charge in [-0.3, -0.25) is 0 Å². The van der Waals surface area contributed by atoms with Crippen LogP contribution in [0.1, 0.15) is 26.3 Å². The molecular weight excluding hydrogens is 540 g/mol. The Kier molecular flexibility index (Phi) is 9.82. The van der Waals surface area contributed by atoms with E-state index in [-0.39, 0.29) is 6.61 Å². The predicted octanol–water partition coefficient (Wildman–Crippen LogP) is 5.53. The van der Waals surface area contributed by atoms with Crippen molar-refractivity contribution in [3.63, 3.8) is 0 Å². The van der Waals surface area contributed by atoms with Crippen LogP contribution in [0, 0.1) is 0 Å². The number of esters is 2. The van der Waals surface area contributed by atoms with Crippen LogP contribution in [0.15, 0.2) is 126 Å². The second kappa shape index (κ2) is 14.1. The van der Waals surface area contributed by atoms with Gasteiger partial charge in [-0.15, -0.1) is 0 Å². The Bertz CT molecular complexity index is 1390. The summed E-state index contributed by atoms with van der Waals surface area (Å²) in [5.74, 6) is -1.20. The molecule has 4 aromatic rings. The molecular formula is C33H30O7S. The van der Waals surface area contributed by atoms with E-state index in [9.17, 15) is 14.7 Å². The molecule has 0 bridgehead atoms. The van der Waals surface area contributed by atoms with Gasteiger partial charge in [0.2, 0.25) is 0 Å². The van der Waals surface area contributed by atoms with Crippen LogP contribution in [0.25, 0.3) is 0 Å². The molecule has 0 radical (unpaired) electrons. The first-order valence-corrected chi connectivity index (χ1v) is 14.2. The lowest BCUT2D eigenvalue weighted by Crippen LogP contribution is -2.61. The first-order chi connectivity index (χ1) is 20.1. The van der Waals surface area contributed by atoms with Crippen molar-refractivity contribution in [1.82, 2.24) is 0 Å². The average molecular weight is 571 g/mol. The van der Waals surface area contributed by atoms with E-state index in [0.29, 0.717) is 11.1 Å². The van der Waals surface area contributed by atoms with E-state index < -0.39 is 48.4 Å². The lowest BCUT2D eigenvalue weighted by atomic mass is 9.99. The Hall–Kier alpha value is -3.95. The molecule has 4 aromatic carbocycles. The summed E-state index contributed by atoms with van der Waals surface area (Å²) >= 11 is 1.31. The van der Waals surface area contributed by atoms with Crippen LogP contribution >= 0.6 is 11.8 Å². The second-order valence-corrected chi connectivity index (χ2v) is 10.6. The summed E-state index contributed by atoms with van der Waals surface area (Å²) in [6.45, 7) is -0.232. The Morgan fingerprint density at radius 3 is 1.68 bits per heavy atom. The van der Waals surface area contributed by atoms with Gasteiger partial charge in [-0.2, -0.15) is 0 Å². The fourth-order valence-electron chi connectivity index (χ4n) is 4.51. The fourth-order valence-corrected chi connectivity index (χ4v) is 5.64. The van der Waals surface area contributed by atoms with Crippen LogP contribution in [-0.2, 0) is 25.6 Å². The topological polar surface area (TPSA) is 91.3 Å². The summed E-state index contributed by atoms with van der Waals surface area (Å²) in [7, 11) is 0. The van der Waals surface area contributed by atoms with Gasteiger partial charge >= 0.3 is 11.9 Å². The molecule has 1 aliphatic rings. The number of carbonyl (C=O) groups excluding carboxylic acids is 2. The monoisotopic (exact) mass is 570 g/mol. The summed E-state index contributed by atoms with van der Waals surface area (Å²) < 4.78 is 24.7. The third-order valence-electron chi connectivity index (χ3n) is 6.56. The first kappa shape index (κ1) is 28.6. The molecule has 1 saturated heterocycles. The van der Waals surface area contributed by atoms with Crippen LogP contribution in [0.5, 0.6) is 0 Å². The van der Waals surface area contributed by atoms with Gasteiger partial charge < -0.3 is 24.1 Å². The number of ether oxygens (including phenoxy) is 4. The number of hydrogen-bond acceptors (Lipinski definition) is 8. The van der Waals surface area contributed by atoms with E-state index in [4.69, 9.17) is 18.9 Å². The van der Waals surface area contributed by atoms with Crippen molar-refractivity contribution in [2.24, 2.45) is 0 Å².